The molecule has 3 saturated heterocycles. The lowest BCUT2D eigenvalue weighted by atomic mass is 9.91. The number of rotatable bonds is 2. The summed E-state index contributed by atoms with van der Waals surface area (Å²) in [6.45, 7) is 4.64. The molecule has 1 N–H and O–H groups in total. The van der Waals surface area contributed by atoms with E-state index in [0.29, 0.717) is 12.2 Å². The maximum atomic E-state index is 6.24. The average Bonchev–Trinajstić information content (AvgIpc) is 2.79. The van der Waals surface area contributed by atoms with Crippen molar-refractivity contribution in [3.8, 4) is 0 Å². The van der Waals surface area contributed by atoms with E-state index in [0.717, 1.165) is 65.0 Å². The van der Waals surface area contributed by atoms with Crippen molar-refractivity contribution in [2.75, 3.05) is 32.9 Å². The second-order valence-corrected chi connectivity index (χ2v) is 5.53. The molecular formula is C13H23NO3. The molecule has 3 aliphatic rings. The molecule has 0 saturated carbocycles. The summed E-state index contributed by atoms with van der Waals surface area (Å²) in [5.74, 6) is 0. The fourth-order valence-electron chi connectivity index (χ4n) is 3.17. The van der Waals surface area contributed by atoms with E-state index in [1.165, 1.54) is 0 Å². The lowest BCUT2D eigenvalue weighted by molar-refractivity contribution is -0.150. The van der Waals surface area contributed by atoms with Crippen molar-refractivity contribution in [3.05, 3.63) is 0 Å². The largest absolute Gasteiger partial charge is 0.378 e. The molecule has 3 aliphatic heterocycles. The maximum absolute atomic E-state index is 6.24. The third kappa shape index (κ3) is 2.81. The Kier molecular flexibility index (Phi) is 3.66. The van der Waals surface area contributed by atoms with E-state index >= 15 is 0 Å². The molecule has 0 aromatic heterocycles. The molecule has 2 atom stereocenters. The second-order valence-electron chi connectivity index (χ2n) is 5.53. The highest BCUT2D eigenvalue weighted by Crippen LogP contribution is 2.34. The van der Waals surface area contributed by atoms with Crippen LogP contribution < -0.4 is 5.32 Å². The summed E-state index contributed by atoms with van der Waals surface area (Å²) in [5, 5.41) is 3.38. The van der Waals surface area contributed by atoms with E-state index < -0.39 is 0 Å². The molecule has 0 aliphatic carbocycles. The maximum Gasteiger partial charge on any atom is 0.0961 e. The molecule has 0 aromatic carbocycles. The van der Waals surface area contributed by atoms with Gasteiger partial charge in [0.25, 0.3) is 0 Å². The van der Waals surface area contributed by atoms with Crippen LogP contribution >= 0.6 is 0 Å². The molecule has 3 heterocycles. The molecular weight excluding hydrogens is 218 g/mol. The third-order valence-corrected chi connectivity index (χ3v) is 4.19. The van der Waals surface area contributed by atoms with Gasteiger partial charge in [-0.3, -0.25) is 0 Å². The number of hydrogen-bond donors (Lipinski definition) is 1. The second kappa shape index (κ2) is 5.22. The predicted molar refractivity (Wildman–Crippen MR) is 64.1 cm³/mol. The Hall–Kier alpha value is -0.160. The SMILES string of the molecule is C1CC(OC2CCOC3(CCOC3)C2)CCN1. The molecule has 2 unspecified atom stereocenters. The number of nitrogens with one attached hydrogen (secondary N) is 1. The Morgan fingerprint density at radius 2 is 1.94 bits per heavy atom. The summed E-state index contributed by atoms with van der Waals surface area (Å²) >= 11 is 0. The summed E-state index contributed by atoms with van der Waals surface area (Å²) in [6.07, 6.45) is 6.26. The minimum absolute atomic E-state index is 0.0180. The molecule has 17 heavy (non-hydrogen) atoms. The molecule has 3 rings (SSSR count). The average molecular weight is 241 g/mol. The quantitative estimate of drug-likeness (QED) is 0.785. The lowest BCUT2D eigenvalue weighted by Crippen LogP contribution is -2.45. The Bertz CT molecular complexity index is 247. The number of piperidine rings is 1. The van der Waals surface area contributed by atoms with Crippen molar-refractivity contribution < 1.29 is 14.2 Å². The van der Waals surface area contributed by atoms with Crippen LogP contribution in [0, 0.1) is 0 Å². The molecule has 0 aromatic rings. The Labute approximate surface area is 103 Å². The van der Waals surface area contributed by atoms with Crippen molar-refractivity contribution in [2.45, 2.75) is 49.9 Å². The van der Waals surface area contributed by atoms with E-state index in [1.807, 2.05) is 0 Å². The fourth-order valence-corrected chi connectivity index (χ4v) is 3.17. The first-order chi connectivity index (χ1) is 8.36. The van der Waals surface area contributed by atoms with Gasteiger partial charge in [-0.2, -0.15) is 0 Å². The van der Waals surface area contributed by atoms with Crippen LogP contribution in [-0.2, 0) is 14.2 Å². The van der Waals surface area contributed by atoms with Crippen LogP contribution in [0.25, 0.3) is 0 Å². The first-order valence-corrected chi connectivity index (χ1v) is 6.94. The van der Waals surface area contributed by atoms with Crippen LogP contribution in [0.3, 0.4) is 0 Å². The number of hydrogen-bond acceptors (Lipinski definition) is 4. The Morgan fingerprint density at radius 1 is 1.06 bits per heavy atom. The van der Waals surface area contributed by atoms with Gasteiger partial charge in [0.15, 0.2) is 0 Å². The van der Waals surface area contributed by atoms with Crippen LogP contribution in [0.15, 0.2) is 0 Å². The van der Waals surface area contributed by atoms with Crippen molar-refractivity contribution in [1.82, 2.24) is 5.32 Å². The fraction of sp³-hybridized carbons (Fsp3) is 1.00. The molecule has 0 bridgehead atoms. The van der Waals surface area contributed by atoms with Gasteiger partial charge in [0.1, 0.15) is 0 Å². The van der Waals surface area contributed by atoms with E-state index in [9.17, 15) is 0 Å². The Morgan fingerprint density at radius 3 is 2.71 bits per heavy atom. The summed E-state index contributed by atoms with van der Waals surface area (Å²) in [7, 11) is 0. The van der Waals surface area contributed by atoms with Crippen molar-refractivity contribution in [1.29, 1.82) is 0 Å². The van der Waals surface area contributed by atoms with E-state index in [-0.39, 0.29) is 5.60 Å². The third-order valence-electron chi connectivity index (χ3n) is 4.19. The smallest absolute Gasteiger partial charge is 0.0961 e. The zero-order chi connectivity index (χ0) is 11.6. The van der Waals surface area contributed by atoms with Crippen molar-refractivity contribution in [3.63, 3.8) is 0 Å². The first kappa shape index (κ1) is 11.9. The van der Waals surface area contributed by atoms with Gasteiger partial charge in [0, 0.05) is 26.1 Å². The van der Waals surface area contributed by atoms with Gasteiger partial charge >= 0.3 is 0 Å². The lowest BCUT2D eigenvalue weighted by Gasteiger charge is -2.39. The van der Waals surface area contributed by atoms with Crippen LogP contribution in [0.1, 0.15) is 32.1 Å². The highest BCUT2D eigenvalue weighted by atomic mass is 16.6. The highest BCUT2D eigenvalue weighted by Gasteiger charge is 2.41. The van der Waals surface area contributed by atoms with Gasteiger partial charge in [-0.05, 0) is 32.4 Å². The standard InChI is InChI=1S/C13H23NO3/c1-5-14-6-2-11(1)17-12-3-7-16-13(9-12)4-8-15-10-13/h11-12,14H,1-10H2. The van der Waals surface area contributed by atoms with Crippen LogP contribution in [0.5, 0.6) is 0 Å². The molecule has 4 heteroatoms. The highest BCUT2D eigenvalue weighted by molar-refractivity contribution is 4.91. The van der Waals surface area contributed by atoms with Crippen LogP contribution in [-0.4, -0.2) is 50.7 Å². The topological polar surface area (TPSA) is 39.7 Å². The van der Waals surface area contributed by atoms with E-state index in [2.05, 4.69) is 5.32 Å². The number of ether oxygens (including phenoxy) is 3. The van der Waals surface area contributed by atoms with Crippen LogP contribution in [0.2, 0.25) is 0 Å². The predicted octanol–water partition coefficient (Wildman–Crippen LogP) is 1.09. The molecule has 0 radical (unpaired) electrons. The van der Waals surface area contributed by atoms with Crippen molar-refractivity contribution in [2.24, 2.45) is 0 Å². The van der Waals surface area contributed by atoms with Crippen LogP contribution in [0.4, 0.5) is 0 Å². The normalized spacial score (nSPS) is 39.9. The van der Waals surface area contributed by atoms with Gasteiger partial charge in [-0.25, -0.2) is 0 Å². The van der Waals surface area contributed by atoms with Crippen molar-refractivity contribution >= 4 is 0 Å². The monoisotopic (exact) mass is 241 g/mol. The zero-order valence-corrected chi connectivity index (χ0v) is 10.5. The Balaban J connectivity index is 1.52. The molecule has 98 valence electrons. The first-order valence-electron chi connectivity index (χ1n) is 6.94. The molecule has 4 nitrogen and oxygen atoms in total. The zero-order valence-electron chi connectivity index (χ0n) is 10.5. The van der Waals surface area contributed by atoms with E-state index in [1.54, 1.807) is 0 Å². The van der Waals surface area contributed by atoms with Gasteiger partial charge < -0.3 is 19.5 Å². The molecule has 0 amide bonds. The summed E-state index contributed by atoms with van der Waals surface area (Å²) in [6, 6.07) is 0. The molecule has 3 fully saturated rings. The molecule has 1 spiro atoms. The minimum Gasteiger partial charge on any atom is -0.378 e. The van der Waals surface area contributed by atoms with Gasteiger partial charge in [0.05, 0.1) is 24.4 Å². The van der Waals surface area contributed by atoms with Gasteiger partial charge in [0.2, 0.25) is 0 Å². The minimum atomic E-state index is -0.0180. The van der Waals surface area contributed by atoms with Gasteiger partial charge in [-0.1, -0.05) is 0 Å². The summed E-state index contributed by atoms with van der Waals surface area (Å²) in [5.41, 5.74) is -0.0180. The van der Waals surface area contributed by atoms with E-state index in [4.69, 9.17) is 14.2 Å². The summed E-state index contributed by atoms with van der Waals surface area (Å²) in [4.78, 5) is 0. The summed E-state index contributed by atoms with van der Waals surface area (Å²) < 4.78 is 17.7. The van der Waals surface area contributed by atoms with Gasteiger partial charge in [-0.15, -0.1) is 0 Å².